The van der Waals surface area contributed by atoms with Crippen LogP contribution in [0.3, 0.4) is 0 Å². The zero-order valence-corrected chi connectivity index (χ0v) is 20.1. The van der Waals surface area contributed by atoms with Crippen LogP contribution in [-0.2, 0) is 9.59 Å². The summed E-state index contributed by atoms with van der Waals surface area (Å²) >= 11 is 2.72. The Bertz CT molecular complexity index is 1090. The minimum Gasteiger partial charge on any atom is -0.326 e. The topological polar surface area (TPSA) is 71.1 Å². The van der Waals surface area contributed by atoms with Crippen molar-refractivity contribution in [3.8, 4) is 11.3 Å². The minimum absolute atomic E-state index is 0.0360. The van der Waals surface area contributed by atoms with Gasteiger partial charge in [-0.15, -0.1) is 23.1 Å². The molecule has 8 heteroatoms. The lowest BCUT2D eigenvalue weighted by atomic mass is 9.92. The van der Waals surface area contributed by atoms with Crippen LogP contribution in [0.15, 0.2) is 58.8 Å². The Morgan fingerprint density at radius 1 is 1.12 bits per heavy atom. The summed E-state index contributed by atoms with van der Waals surface area (Å²) in [7, 11) is 0. The second-order valence-electron chi connectivity index (χ2n) is 8.61. The van der Waals surface area contributed by atoms with E-state index in [4.69, 9.17) is 0 Å². The lowest BCUT2D eigenvalue weighted by Crippen LogP contribution is -2.22. The summed E-state index contributed by atoms with van der Waals surface area (Å²) in [5.74, 6) is -0.510. The number of rotatable bonds is 7. The van der Waals surface area contributed by atoms with E-state index in [1.165, 1.54) is 35.2 Å². The van der Waals surface area contributed by atoms with Crippen LogP contribution >= 0.6 is 23.1 Å². The molecule has 0 saturated carbocycles. The Morgan fingerprint density at radius 3 is 2.53 bits per heavy atom. The Kier molecular flexibility index (Phi) is 7.69. The highest BCUT2D eigenvalue weighted by Crippen LogP contribution is 2.29. The van der Waals surface area contributed by atoms with Crippen molar-refractivity contribution in [2.45, 2.75) is 44.3 Å². The fraction of sp³-hybridized carbons (Fsp3) is 0.292. The molecule has 2 amide bonds. The molecule has 0 spiro atoms. The molecule has 168 valence electrons. The van der Waals surface area contributed by atoms with Gasteiger partial charge in [0.1, 0.15) is 5.82 Å². The lowest BCUT2D eigenvalue weighted by molar-refractivity contribution is -0.118. The Morgan fingerprint density at radius 2 is 1.84 bits per heavy atom. The molecule has 0 aliphatic heterocycles. The molecular formula is C24H26FN3O2S2. The maximum absolute atomic E-state index is 13.1. The molecule has 5 nitrogen and oxygen atoms in total. The van der Waals surface area contributed by atoms with E-state index in [0.717, 1.165) is 10.5 Å². The number of hydrogen-bond acceptors (Lipinski definition) is 5. The third-order valence-electron chi connectivity index (χ3n) is 4.37. The molecule has 0 aliphatic carbocycles. The maximum atomic E-state index is 13.1. The first-order chi connectivity index (χ1) is 15.1. The first-order valence-corrected chi connectivity index (χ1v) is 11.9. The molecule has 1 aromatic heterocycles. The summed E-state index contributed by atoms with van der Waals surface area (Å²) in [5.41, 5.74) is 2.09. The summed E-state index contributed by atoms with van der Waals surface area (Å²) in [6, 6.07) is 13.5. The summed E-state index contributed by atoms with van der Waals surface area (Å²) in [5, 5.41) is 7.71. The van der Waals surface area contributed by atoms with Gasteiger partial charge >= 0.3 is 0 Å². The van der Waals surface area contributed by atoms with Gasteiger partial charge in [-0.2, -0.15) is 0 Å². The summed E-state index contributed by atoms with van der Waals surface area (Å²) in [6.45, 7) is 7.87. The minimum atomic E-state index is -0.367. The highest BCUT2D eigenvalue weighted by molar-refractivity contribution is 8.00. The fourth-order valence-corrected chi connectivity index (χ4v) is 4.53. The molecule has 2 aromatic carbocycles. The Balaban J connectivity index is 1.58. The van der Waals surface area contributed by atoms with Crippen LogP contribution in [0.5, 0.6) is 0 Å². The molecular weight excluding hydrogens is 445 g/mol. The van der Waals surface area contributed by atoms with Crippen LogP contribution in [0.1, 0.15) is 34.1 Å². The van der Waals surface area contributed by atoms with E-state index in [9.17, 15) is 14.0 Å². The number of anilines is 2. The standard InChI is InChI=1S/C24H26FN3O2S2/c1-15(32-19-7-5-6-18(12-19)26-21(29)13-24(2,3)4)22(30)28-23-27-20(14-31-23)16-8-10-17(25)11-9-16/h5-12,14-15H,13H2,1-4H3,(H,26,29)(H,27,28,30). The monoisotopic (exact) mass is 471 g/mol. The zero-order valence-electron chi connectivity index (χ0n) is 18.4. The molecule has 0 saturated heterocycles. The average Bonchev–Trinajstić information content (AvgIpc) is 3.15. The van der Waals surface area contributed by atoms with Crippen LogP contribution in [0, 0.1) is 11.2 Å². The highest BCUT2D eigenvalue weighted by atomic mass is 32.2. The number of thioether (sulfide) groups is 1. The van der Waals surface area contributed by atoms with Crippen LogP contribution < -0.4 is 10.6 Å². The van der Waals surface area contributed by atoms with Gasteiger partial charge in [0, 0.05) is 27.9 Å². The molecule has 3 aromatic rings. The van der Waals surface area contributed by atoms with Gasteiger partial charge in [0.2, 0.25) is 11.8 Å². The number of benzene rings is 2. The number of aromatic nitrogens is 1. The summed E-state index contributed by atoms with van der Waals surface area (Å²) in [6.07, 6.45) is 0.427. The van der Waals surface area contributed by atoms with Gasteiger partial charge in [0.05, 0.1) is 10.9 Å². The Hall–Kier alpha value is -2.71. The smallest absolute Gasteiger partial charge is 0.239 e. The van der Waals surface area contributed by atoms with Crippen molar-refractivity contribution in [3.63, 3.8) is 0 Å². The molecule has 0 aliphatic rings. The fourth-order valence-electron chi connectivity index (χ4n) is 2.88. The Labute approximate surface area is 195 Å². The molecule has 3 rings (SSSR count). The van der Waals surface area contributed by atoms with E-state index in [1.807, 2.05) is 57.3 Å². The van der Waals surface area contributed by atoms with E-state index in [0.29, 0.717) is 22.9 Å². The van der Waals surface area contributed by atoms with Crippen molar-refractivity contribution in [3.05, 3.63) is 59.7 Å². The average molecular weight is 472 g/mol. The van der Waals surface area contributed by atoms with Gasteiger partial charge in [-0.05, 0) is 54.8 Å². The van der Waals surface area contributed by atoms with Gasteiger partial charge in [0.25, 0.3) is 0 Å². The maximum Gasteiger partial charge on any atom is 0.239 e. The highest BCUT2D eigenvalue weighted by Gasteiger charge is 2.18. The number of carbonyl (C=O) groups excluding carboxylic acids is 2. The van der Waals surface area contributed by atoms with E-state index in [1.54, 1.807) is 12.1 Å². The van der Waals surface area contributed by atoms with Gasteiger partial charge in [-0.25, -0.2) is 9.37 Å². The lowest BCUT2D eigenvalue weighted by Gasteiger charge is -2.17. The van der Waals surface area contributed by atoms with Gasteiger partial charge in [-0.3, -0.25) is 9.59 Å². The van der Waals surface area contributed by atoms with Crippen LogP contribution in [0.4, 0.5) is 15.2 Å². The normalized spacial score (nSPS) is 12.3. The van der Waals surface area contributed by atoms with Crippen molar-refractivity contribution in [2.75, 3.05) is 10.6 Å². The number of nitrogens with zero attached hydrogens (tertiary/aromatic N) is 1. The molecule has 1 heterocycles. The quantitative estimate of drug-likeness (QED) is 0.389. The van der Waals surface area contributed by atoms with Gasteiger partial charge in [-0.1, -0.05) is 26.8 Å². The molecule has 0 fully saturated rings. The zero-order chi connectivity index (χ0) is 23.3. The first-order valence-electron chi connectivity index (χ1n) is 10.2. The van der Waals surface area contributed by atoms with Gasteiger partial charge < -0.3 is 10.6 Å². The first kappa shape index (κ1) is 23.9. The van der Waals surface area contributed by atoms with E-state index in [-0.39, 0.29) is 28.3 Å². The van der Waals surface area contributed by atoms with Crippen molar-refractivity contribution in [1.29, 1.82) is 0 Å². The van der Waals surface area contributed by atoms with E-state index >= 15 is 0 Å². The summed E-state index contributed by atoms with van der Waals surface area (Å²) < 4.78 is 13.1. The van der Waals surface area contributed by atoms with Crippen molar-refractivity contribution >= 4 is 45.7 Å². The predicted molar refractivity (Wildman–Crippen MR) is 131 cm³/mol. The van der Waals surface area contributed by atoms with Crippen molar-refractivity contribution in [2.24, 2.45) is 5.41 Å². The number of amides is 2. The number of thiazole rings is 1. The summed E-state index contributed by atoms with van der Waals surface area (Å²) in [4.78, 5) is 30.1. The molecule has 2 N–H and O–H groups in total. The van der Waals surface area contributed by atoms with Crippen molar-refractivity contribution in [1.82, 2.24) is 4.98 Å². The number of halogens is 1. The predicted octanol–water partition coefficient (Wildman–Crippen LogP) is 6.44. The largest absolute Gasteiger partial charge is 0.326 e. The van der Waals surface area contributed by atoms with E-state index in [2.05, 4.69) is 15.6 Å². The second kappa shape index (κ2) is 10.3. The van der Waals surface area contributed by atoms with E-state index < -0.39 is 0 Å². The third kappa shape index (κ3) is 7.17. The number of carbonyl (C=O) groups is 2. The van der Waals surface area contributed by atoms with Crippen LogP contribution in [-0.4, -0.2) is 22.0 Å². The third-order valence-corrected chi connectivity index (χ3v) is 6.22. The number of nitrogens with one attached hydrogen (secondary N) is 2. The van der Waals surface area contributed by atoms with Crippen molar-refractivity contribution < 1.29 is 14.0 Å². The molecule has 0 radical (unpaired) electrons. The molecule has 0 bridgehead atoms. The number of hydrogen-bond donors (Lipinski definition) is 2. The van der Waals surface area contributed by atoms with Gasteiger partial charge in [0.15, 0.2) is 5.13 Å². The molecule has 1 atom stereocenters. The molecule has 32 heavy (non-hydrogen) atoms. The van der Waals surface area contributed by atoms with Crippen LogP contribution in [0.2, 0.25) is 0 Å². The van der Waals surface area contributed by atoms with Crippen LogP contribution in [0.25, 0.3) is 11.3 Å². The second-order valence-corrected chi connectivity index (χ2v) is 10.9. The SMILES string of the molecule is CC(Sc1cccc(NC(=O)CC(C)(C)C)c1)C(=O)Nc1nc(-c2ccc(F)cc2)cs1. The molecule has 1 unspecified atom stereocenters.